The number of nitrogens with zero attached hydrogens (tertiary/aromatic N) is 2. The van der Waals surface area contributed by atoms with Gasteiger partial charge in [0.05, 0.1) is 12.8 Å². The summed E-state index contributed by atoms with van der Waals surface area (Å²) in [5, 5.41) is 20.2. The van der Waals surface area contributed by atoms with E-state index in [0.29, 0.717) is 25.7 Å². The molecule has 0 bridgehead atoms. The molecule has 2 aliphatic rings. The van der Waals surface area contributed by atoms with Crippen molar-refractivity contribution in [2.45, 2.75) is 89.0 Å². The molecule has 2 aliphatic heterocycles. The van der Waals surface area contributed by atoms with Gasteiger partial charge >= 0.3 is 5.97 Å². The Morgan fingerprint density at radius 3 is 2.17 bits per heavy atom. The van der Waals surface area contributed by atoms with Crippen LogP contribution >= 0.6 is 0 Å². The quantitative estimate of drug-likeness (QED) is 0.0873. The second-order valence-corrected chi connectivity index (χ2v) is 13.8. The summed E-state index contributed by atoms with van der Waals surface area (Å²) in [5.41, 5.74) is 12.8. The SMILES string of the molecule is CC(C)CNC(=O)[C@H](CC(=O)O)NC(=O)[C@H](CCN=C(N)N)NC(=O)[C@@H]1C[C@@H](Cc2ccccc2)[C@@H]2CCC(NC(=O)Cc3ccccc3)C(=O)N12. The molecule has 280 valence electrons. The number of carboxylic acid groups (broad SMARTS) is 1. The van der Waals surface area contributed by atoms with Gasteiger partial charge in [0.2, 0.25) is 29.5 Å². The van der Waals surface area contributed by atoms with Crippen LogP contribution in [-0.2, 0) is 41.6 Å². The van der Waals surface area contributed by atoms with Gasteiger partial charge in [-0.1, -0.05) is 74.5 Å². The zero-order chi connectivity index (χ0) is 37.8. The number of fused-ring (bicyclic) bond motifs is 1. The number of piperidine rings is 1. The van der Waals surface area contributed by atoms with E-state index in [1.165, 1.54) is 0 Å². The molecular weight excluding hydrogens is 668 g/mol. The largest absolute Gasteiger partial charge is 0.481 e. The molecule has 15 nitrogen and oxygen atoms in total. The molecule has 9 N–H and O–H groups in total. The summed E-state index contributed by atoms with van der Waals surface area (Å²) in [7, 11) is 0. The van der Waals surface area contributed by atoms with Crippen LogP contribution in [-0.4, -0.2) is 94.8 Å². The van der Waals surface area contributed by atoms with Crippen molar-refractivity contribution in [2.75, 3.05) is 13.1 Å². The topological polar surface area (TPSA) is 238 Å². The number of amides is 5. The third-order valence-corrected chi connectivity index (χ3v) is 9.29. The molecule has 4 rings (SSSR count). The molecule has 5 amide bonds. The summed E-state index contributed by atoms with van der Waals surface area (Å²) in [6.07, 6.45) is 1.21. The van der Waals surface area contributed by atoms with Gasteiger partial charge in [-0.3, -0.25) is 33.8 Å². The Hall–Kier alpha value is -5.47. The number of carbonyl (C=O) groups excluding carboxylic acids is 5. The summed E-state index contributed by atoms with van der Waals surface area (Å²) in [6, 6.07) is 14.1. The van der Waals surface area contributed by atoms with Crippen LogP contribution in [0.2, 0.25) is 0 Å². The van der Waals surface area contributed by atoms with Crippen molar-refractivity contribution in [2.24, 2.45) is 28.3 Å². The summed E-state index contributed by atoms with van der Waals surface area (Å²) >= 11 is 0. The number of hydrogen-bond donors (Lipinski definition) is 7. The number of hydrogen-bond acceptors (Lipinski definition) is 7. The van der Waals surface area contributed by atoms with E-state index < -0.39 is 54.3 Å². The molecule has 0 spiro atoms. The monoisotopic (exact) mass is 718 g/mol. The van der Waals surface area contributed by atoms with Crippen molar-refractivity contribution in [3.05, 3.63) is 71.8 Å². The lowest BCUT2D eigenvalue weighted by Gasteiger charge is -2.39. The van der Waals surface area contributed by atoms with Crippen molar-refractivity contribution in [1.29, 1.82) is 0 Å². The molecule has 52 heavy (non-hydrogen) atoms. The van der Waals surface area contributed by atoms with E-state index in [2.05, 4.69) is 26.3 Å². The predicted octanol–water partition coefficient (Wildman–Crippen LogP) is 0.216. The molecule has 2 aromatic carbocycles. The van der Waals surface area contributed by atoms with Gasteiger partial charge in [-0.2, -0.15) is 0 Å². The normalized spacial score (nSPS) is 20.6. The van der Waals surface area contributed by atoms with Gasteiger partial charge in [-0.05, 0) is 55.1 Å². The molecule has 0 radical (unpaired) electrons. The van der Waals surface area contributed by atoms with Gasteiger partial charge in [0, 0.05) is 19.1 Å². The lowest BCUT2D eigenvalue weighted by atomic mass is 9.86. The smallest absolute Gasteiger partial charge is 0.305 e. The maximum absolute atomic E-state index is 14.2. The van der Waals surface area contributed by atoms with Crippen molar-refractivity contribution >= 4 is 41.5 Å². The van der Waals surface area contributed by atoms with Gasteiger partial charge < -0.3 is 42.7 Å². The average Bonchev–Trinajstić information content (AvgIpc) is 3.46. The minimum Gasteiger partial charge on any atom is -0.481 e. The molecule has 0 aromatic heterocycles. The Morgan fingerprint density at radius 2 is 1.56 bits per heavy atom. The molecule has 0 aliphatic carbocycles. The highest BCUT2D eigenvalue weighted by Crippen LogP contribution is 2.39. The third-order valence-electron chi connectivity index (χ3n) is 9.29. The van der Waals surface area contributed by atoms with Crippen LogP contribution < -0.4 is 32.7 Å². The Labute approximate surface area is 303 Å². The number of benzene rings is 2. The highest BCUT2D eigenvalue weighted by Gasteiger charge is 2.51. The van der Waals surface area contributed by atoms with Crippen molar-refractivity contribution in [3.63, 3.8) is 0 Å². The van der Waals surface area contributed by atoms with Crippen LogP contribution in [0.15, 0.2) is 65.7 Å². The molecule has 6 atom stereocenters. The van der Waals surface area contributed by atoms with Crippen LogP contribution in [0.25, 0.3) is 0 Å². The first-order valence-electron chi connectivity index (χ1n) is 17.7. The van der Waals surface area contributed by atoms with Crippen LogP contribution in [0.1, 0.15) is 57.1 Å². The zero-order valence-corrected chi connectivity index (χ0v) is 29.6. The maximum atomic E-state index is 14.2. The zero-order valence-electron chi connectivity index (χ0n) is 29.6. The maximum Gasteiger partial charge on any atom is 0.305 e. The van der Waals surface area contributed by atoms with E-state index in [0.717, 1.165) is 11.1 Å². The molecule has 1 unspecified atom stereocenters. The van der Waals surface area contributed by atoms with Crippen molar-refractivity contribution in [3.8, 4) is 0 Å². The van der Waals surface area contributed by atoms with Crippen LogP contribution in [0.4, 0.5) is 0 Å². The number of carbonyl (C=O) groups is 6. The van der Waals surface area contributed by atoms with Gasteiger partial charge in [0.15, 0.2) is 5.96 Å². The number of carboxylic acids is 1. The Kier molecular flexibility index (Phi) is 14.1. The first kappa shape index (κ1) is 39.3. The lowest BCUT2D eigenvalue weighted by molar-refractivity contribution is -0.147. The van der Waals surface area contributed by atoms with Crippen molar-refractivity contribution < 1.29 is 33.9 Å². The summed E-state index contributed by atoms with van der Waals surface area (Å²) in [4.78, 5) is 84.9. The number of nitrogens with two attached hydrogens (primary N) is 2. The number of guanidine groups is 1. The van der Waals surface area contributed by atoms with E-state index >= 15 is 0 Å². The fraction of sp³-hybridized carbons (Fsp3) is 0.486. The third kappa shape index (κ3) is 11.3. The fourth-order valence-corrected chi connectivity index (χ4v) is 6.82. The van der Waals surface area contributed by atoms with E-state index in [9.17, 15) is 33.9 Å². The second-order valence-electron chi connectivity index (χ2n) is 13.8. The van der Waals surface area contributed by atoms with E-state index in [1.807, 2.05) is 74.5 Å². The minimum absolute atomic E-state index is 0.0636. The molecule has 2 heterocycles. The first-order valence-corrected chi connectivity index (χ1v) is 17.7. The Bertz CT molecular complexity index is 1600. The van der Waals surface area contributed by atoms with Gasteiger partial charge in [-0.25, -0.2) is 0 Å². The van der Waals surface area contributed by atoms with Crippen LogP contribution in [0.5, 0.6) is 0 Å². The fourth-order valence-electron chi connectivity index (χ4n) is 6.82. The predicted molar refractivity (Wildman–Crippen MR) is 193 cm³/mol. The molecule has 0 saturated carbocycles. The summed E-state index contributed by atoms with van der Waals surface area (Å²) < 4.78 is 0. The number of nitrogens with one attached hydrogen (secondary N) is 4. The Balaban J connectivity index is 1.55. The minimum atomic E-state index is -1.42. The standard InChI is InChI=1S/C37H50N8O7/c1-22(2)21-41-33(49)28(20-32(47)48)44-34(50)26(15-16-40-37(38)39)43-35(51)30-19-25(17-23-9-5-3-6-10-23)29-14-13-27(36(52)45(29)30)42-31(46)18-24-11-7-4-8-12-24/h3-12,22,25-30H,13-21H2,1-2H3,(H,41,49)(H,42,46)(H,43,51)(H,44,50)(H,47,48)(H4,38,39,40)/t25-,26+,27?,28+,29+,30+/m1/s1. The van der Waals surface area contributed by atoms with Gasteiger partial charge in [-0.15, -0.1) is 0 Å². The second kappa shape index (κ2) is 18.7. The van der Waals surface area contributed by atoms with Gasteiger partial charge in [0.25, 0.3) is 0 Å². The lowest BCUT2D eigenvalue weighted by Crippen LogP contribution is -2.61. The van der Waals surface area contributed by atoms with E-state index in [-0.39, 0.29) is 61.6 Å². The van der Waals surface area contributed by atoms with Crippen LogP contribution in [0.3, 0.4) is 0 Å². The van der Waals surface area contributed by atoms with Crippen molar-refractivity contribution in [1.82, 2.24) is 26.2 Å². The molecule has 2 aromatic rings. The van der Waals surface area contributed by atoms with E-state index in [1.54, 1.807) is 4.90 Å². The summed E-state index contributed by atoms with van der Waals surface area (Å²) in [5.74, 6) is -4.32. The Morgan fingerprint density at radius 1 is 0.904 bits per heavy atom. The highest BCUT2D eigenvalue weighted by atomic mass is 16.4. The summed E-state index contributed by atoms with van der Waals surface area (Å²) in [6.45, 7) is 3.93. The van der Waals surface area contributed by atoms with E-state index in [4.69, 9.17) is 11.5 Å². The molecule has 2 fully saturated rings. The molecular formula is C37H50N8O7. The number of rotatable bonds is 17. The van der Waals surface area contributed by atoms with Crippen LogP contribution in [0, 0.1) is 11.8 Å². The van der Waals surface area contributed by atoms with Gasteiger partial charge in [0.1, 0.15) is 24.2 Å². The number of aliphatic imine (C=N–C) groups is 1. The first-order chi connectivity index (χ1) is 24.8. The molecule has 2 saturated heterocycles. The highest BCUT2D eigenvalue weighted by molar-refractivity contribution is 5.97. The number of aliphatic carboxylic acids is 1. The molecule has 15 heteroatoms. The average molecular weight is 719 g/mol.